The smallest absolute Gasteiger partial charge is 0.00949 e. The number of rotatable bonds is 4. The fraction of sp³-hybridized carbons (Fsp3) is 0.647. The molecule has 18 heavy (non-hydrogen) atoms. The molecule has 0 heterocycles. The summed E-state index contributed by atoms with van der Waals surface area (Å²) in [4.78, 5) is 2.40. The average molecular weight is 245 g/mol. The molecule has 100 valence electrons. The molecule has 1 nitrogen and oxygen atoms in total. The maximum atomic E-state index is 2.45. The van der Waals surface area contributed by atoms with E-state index in [0.717, 1.165) is 12.0 Å². The zero-order valence-corrected chi connectivity index (χ0v) is 12.2. The Kier molecular flexibility index (Phi) is 4.82. The van der Waals surface area contributed by atoms with Crippen molar-refractivity contribution in [1.82, 2.24) is 4.90 Å². The summed E-state index contributed by atoms with van der Waals surface area (Å²) in [5.41, 5.74) is 3.09. The van der Waals surface area contributed by atoms with E-state index < -0.39 is 0 Å². The van der Waals surface area contributed by atoms with Crippen LogP contribution in [-0.2, 0) is 6.42 Å². The van der Waals surface area contributed by atoms with E-state index in [1.807, 2.05) is 0 Å². The van der Waals surface area contributed by atoms with Gasteiger partial charge in [-0.1, -0.05) is 44.0 Å². The van der Waals surface area contributed by atoms with Crippen LogP contribution in [0.4, 0.5) is 0 Å². The van der Waals surface area contributed by atoms with Gasteiger partial charge >= 0.3 is 0 Å². The summed E-state index contributed by atoms with van der Waals surface area (Å²) in [6, 6.07) is 10.1. The van der Waals surface area contributed by atoms with Gasteiger partial charge in [-0.15, -0.1) is 0 Å². The summed E-state index contributed by atoms with van der Waals surface area (Å²) in [5.74, 6) is 0.781. The van der Waals surface area contributed by atoms with Crippen LogP contribution in [0.2, 0.25) is 0 Å². The van der Waals surface area contributed by atoms with Gasteiger partial charge in [0.2, 0.25) is 0 Å². The average Bonchev–Trinajstić information content (AvgIpc) is 2.39. The predicted molar refractivity (Wildman–Crippen MR) is 79.1 cm³/mol. The number of aryl methyl sites for hydroxylation is 1. The van der Waals surface area contributed by atoms with Crippen LogP contribution >= 0.6 is 0 Å². The summed E-state index contributed by atoms with van der Waals surface area (Å²) in [7, 11) is 4.45. The van der Waals surface area contributed by atoms with Crippen LogP contribution in [0, 0.1) is 0 Å². The lowest BCUT2D eigenvalue weighted by Crippen LogP contribution is -2.32. The minimum absolute atomic E-state index is 0.776. The van der Waals surface area contributed by atoms with Gasteiger partial charge in [-0.3, -0.25) is 0 Å². The fourth-order valence-electron chi connectivity index (χ4n) is 3.23. The van der Waals surface area contributed by atoms with Crippen molar-refractivity contribution in [2.75, 3.05) is 14.1 Å². The molecule has 0 unspecified atom stereocenters. The number of nitrogens with zero attached hydrogens (tertiary/aromatic N) is 1. The first-order valence-electron chi connectivity index (χ1n) is 7.46. The van der Waals surface area contributed by atoms with E-state index in [9.17, 15) is 0 Å². The molecule has 0 amide bonds. The summed E-state index contributed by atoms with van der Waals surface area (Å²) in [6.45, 7) is 2.26. The van der Waals surface area contributed by atoms with Crippen molar-refractivity contribution in [3.05, 3.63) is 35.4 Å². The van der Waals surface area contributed by atoms with Gasteiger partial charge in [0.15, 0.2) is 0 Å². The van der Waals surface area contributed by atoms with Crippen LogP contribution in [0.1, 0.15) is 56.1 Å². The first-order chi connectivity index (χ1) is 8.70. The minimum atomic E-state index is 0.776. The van der Waals surface area contributed by atoms with Crippen LogP contribution in [-0.4, -0.2) is 25.0 Å². The lowest BCUT2D eigenvalue weighted by atomic mass is 9.80. The van der Waals surface area contributed by atoms with Crippen LogP contribution in [0.15, 0.2) is 24.3 Å². The van der Waals surface area contributed by atoms with Crippen molar-refractivity contribution in [2.45, 2.75) is 57.4 Å². The molecule has 1 aliphatic carbocycles. The van der Waals surface area contributed by atoms with Crippen molar-refractivity contribution in [3.8, 4) is 0 Å². The molecule has 1 aromatic rings. The van der Waals surface area contributed by atoms with Crippen molar-refractivity contribution in [3.63, 3.8) is 0 Å². The molecule has 2 atom stereocenters. The number of hydrogen-bond acceptors (Lipinski definition) is 1. The van der Waals surface area contributed by atoms with Gasteiger partial charge in [0.05, 0.1) is 0 Å². The Balaban J connectivity index is 2.08. The molecule has 1 aliphatic rings. The zero-order chi connectivity index (χ0) is 13.0. The molecular formula is C17H27N. The quantitative estimate of drug-likeness (QED) is 0.767. The Morgan fingerprint density at radius 1 is 1.22 bits per heavy atom. The monoisotopic (exact) mass is 245 g/mol. The Labute approximate surface area is 112 Å². The van der Waals surface area contributed by atoms with Crippen molar-refractivity contribution < 1.29 is 0 Å². The van der Waals surface area contributed by atoms with E-state index in [2.05, 4.69) is 50.2 Å². The van der Waals surface area contributed by atoms with E-state index >= 15 is 0 Å². The third-order valence-electron chi connectivity index (χ3n) is 4.34. The maximum Gasteiger partial charge on any atom is 0.00949 e. The second kappa shape index (κ2) is 6.38. The Hall–Kier alpha value is -0.820. The topological polar surface area (TPSA) is 3.24 Å². The molecule has 0 bridgehead atoms. The second-order valence-corrected chi connectivity index (χ2v) is 5.98. The van der Waals surface area contributed by atoms with Gasteiger partial charge < -0.3 is 4.90 Å². The van der Waals surface area contributed by atoms with Crippen LogP contribution in [0.3, 0.4) is 0 Å². The Bertz CT molecular complexity index is 370. The molecule has 0 saturated heterocycles. The van der Waals surface area contributed by atoms with E-state index in [4.69, 9.17) is 0 Å². The number of hydrogen-bond donors (Lipinski definition) is 0. The van der Waals surface area contributed by atoms with E-state index in [1.54, 1.807) is 5.56 Å². The lowest BCUT2D eigenvalue weighted by Gasteiger charge is -2.33. The lowest BCUT2D eigenvalue weighted by molar-refractivity contribution is 0.213. The van der Waals surface area contributed by atoms with Gasteiger partial charge in [0.25, 0.3) is 0 Å². The van der Waals surface area contributed by atoms with Gasteiger partial charge in [-0.05, 0) is 56.8 Å². The summed E-state index contributed by atoms with van der Waals surface area (Å²) < 4.78 is 0. The Morgan fingerprint density at radius 2 is 2.06 bits per heavy atom. The molecule has 0 radical (unpaired) electrons. The normalized spacial score (nSPS) is 24.4. The second-order valence-electron chi connectivity index (χ2n) is 5.98. The van der Waals surface area contributed by atoms with E-state index in [1.165, 1.54) is 44.1 Å². The molecular weight excluding hydrogens is 218 g/mol. The third kappa shape index (κ3) is 3.35. The molecule has 0 aliphatic heterocycles. The highest BCUT2D eigenvalue weighted by Crippen LogP contribution is 2.34. The van der Waals surface area contributed by atoms with Crippen molar-refractivity contribution in [1.29, 1.82) is 0 Å². The largest absolute Gasteiger partial charge is 0.306 e. The SMILES string of the molecule is CCCc1cccc([C@H]2CCC[C@@H](N(C)C)C2)c1. The van der Waals surface area contributed by atoms with Crippen LogP contribution < -0.4 is 0 Å². The molecule has 1 heteroatoms. The molecule has 1 fully saturated rings. The first kappa shape index (κ1) is 13.6. The van der Waals surface area contributed by atoms with Crippen molar-refractivity contribution in [2.24, 2.45) is 0 Å². The van der Waals surface area contributed by atoms with Crippen LogP contribution in [0.25, 0.3) is 0 Å². The van der Waals surface area contributed by atoms with Gasteiger partial charge in [-0.25, -0.2) is 0 Å². The molecule has 1 aromatic carbocycles. The predicted octanol–water partition coefficient (Wildman–Crippen LogP) is 4.23. The highest BCUT2D eigenvalue weighted by atomic mass is 15.1. The summed E-state index contributed by atoms with van der Waals surface area (Å²) in [6.07, 6.45) is 7.93. The molecule has 2 rings (SSSR count). The molecule has 1 saturated carbocycles. The maximum absolute atomic E-state index is 2.45. The molecule has 0 spiro atoms. The van der Waals surface area contributed by atoms with E-state index in [0.29, 0.717) is 0 Å². The summed E-state index contributed by atoms with van der Waals surface area (Å²) in [5, 5.41) is 0. The van der Waals surface area contributed by atoms with Gasteiger partial charge in [0.1, 0.15) is 0 Å². The first-order valence-corrected chi connectivity index (χ1v) is 7.46. The third-order valence-corrected chi connectivity index (χ3v) is 4.34. The van der Waals surface area contributed by atoms with E-state index in [-0.39, 0.29) is 0 Å². The fourth-order valence-corrected chi connectivity index (χ4v) is 3.23. The van der Waals surface area contributed by atoms with Gasteiger partial charge in [0, 0.05) is 6.04 Å². The summed E-state index contributed by atoms with van der Waals surface area (Å²) >= 11 is 0. The highest BCUT2D eigenvalue weighted by molar-refractivity contribution is 5.27. The molecule has 0 N–H and O–H groups in total. The molecule has 0 aromatic heterocycles. The number of benzene rings is 1. The standard InChI is InChI=1S/C17H27N/c1-4-7-14-8-5-9-15(12-14)16-10-6-11-17(13-16)18(2)3/h5,8-9,12,16-17H,4,6-7,10-11,13H2,1-3H3/t16-,17+/m0/s1. The highest BCUT2D eigenvalue weighted by Gasteiger charge is 2.24. The van der Waals surface area contributed by atoms with Crippen molar-refractivity contribution >= 4 is 0 Å². The van der Waals surface area contributed by atoms with Gasteiger partial charge in [-0.2, -0.15) is 0 Å². The minimum Gasteiger partial charge on any atom is -0.306 e. The Morgan fingerprint density at radius 3 is 2.78 bits per heavy atom. The van der Waals surface area contributed by atoms with Crippen LogP contribution in [0.5, 0.6) is 0 Å². The zero-order valence-electron chi connectivity index (χ0n) is 12.2.